The molecule has 1 aliphatic heterocycles. The van der Waals surface area contributed by atoms with Crippen LogP contribution in [0, 0.1) is 51.8 Å². The molecule has 59 heavy (non-hydrogen) atoms. The fourth-order valence-electron chi connectivity index (χ4n) is 11.0. The Balaban J connectivity index is 0. The van der Waals surface area contributed by atoms with Gasteiger partial charge in [-0.05, 0) is 167 Å². The van der Waals surface area contributed by atoms with Gasteiger partial charge in [-0.3, -0.25) is 14.4 Å². The van der Waals surface area contributed by atoms with Gasteiger partial charge in [0, 0.05) is 12.8 Å². The first-order valence-electron chi connectivity index (χ1n) is 21.2. The van der Waals surface area contributed by atoms with Gasteiger partial charge in [-0.15, -0.1) is 0 Å². The monoisotopic (exact) mass is 841 g/mol. The maximum absolute atomic E-state index is 12.6. The van der Waals surface area contributed by atoms with E-state index in [-0.39, 0.29) is 79.1 Å². The average Bonchev–Trinajstić information content (AvgIpc) is 3.48. The summed E-state index contributed by atoms with van der Waals surface area (Å²) in [6.45, 7) is 20.1. The minimum absolute atomic E-state index is 0. The zero-order valence-corrected chi connectivity index (χ0v) is 34.8. The van der Waals surface area contributed by atoms with Gasteiger partial charge in [-0.1, -0.05) is 72.3 Å². The number of carbonyl (C=O) groups excluding carboxylic acids is 4. The van der Waals surface area contributed by atoms with Crippen LogP contribution in [-0.2, 0) is 38.1 Å². The standard InChI is InChI=1S/C18H30O2.C16H26O3.C10H16O4.6CH4/c1-5-17(3,4)16(19)20-18(6-2)14-8-12-7-13(10-14)11-15(18)9-12;1-4-14(2,3)13(17)19-16-8-11-5-12(9-16)7-15(18,6-11)10-16;1-4-10(2,3)9(12)14-7-5-6-13-8(7)11;;;;;;/h12-15H,5-11H2,1-4H3;11-12,18H,4-10H2,1-3H3;7H,4-6H2,1-3H3;6*1H4. The molecule has 8 saturated carbocycles. The molecule has 9 rings (SSSR count). The van der Waals surface area contributed by atoms with Gasteiger partial charge in [0.15, 0.2) is 0 Å². The Morgan fingerprint density at radius 1 is 0.627 bits per heavy atom. The SMILES string of the molecule is C.C.C.C.C.C.CCC(C)(C)C(=O)OC1(CC)C2CC3CC(C2)CC1C3.CCC(C)(C)C(=O)OC12CC3CC(CC(O)(C3)C1)C2.CCC(C)(C)C(=O)OC1CCOC1=O. The third-order valence-corrected chi connectivity index (χ3v) is 15.1. The van der Waals surface area contributed by atoms with E-state index in [0.717, 1.165) is 56.8 Å². The molecule has 8 aliphatic carbocycles. The highest BCUT2D eigenvalue weighted by molar-refractivity contribution is 5.82. The Morgan fingerprint density at radius 2 is 1.03 bits per heavy atom. The van der Waals surface area contributed by atoms with E-state index in [1.165, 1.54) is 38.5 Å². The first-order chi connectivity index (χ1) is 24.6. The molecule has 0 spiro atoms. The molecule has 0 radical (unpaired) electrons. The van der Waals surface area contributed by atoms with Crippen molar-refractivity contribution in [2.45, 2.75) is 239 Å². The normalized spacial score (nSPS) is 34.0. The topological polar surface area (TPSA) is 125 Å². The molecule has 0 aromatic carbocycles. The van der Waals surface area contributed by atoms with Crippen LogP contribution in [0.5, 0.6) is 0 Å². The summed E-state index contributed by atoms with van der Waals surface area (Å²) in [5, 5.41) is 10.6. The van der Waals surface area contributed by atoms with Gasteiger partial charge in [-0.25, -0.2) is 4.79 Å². The minimum Gasteiger partial charge on any atom is -0.463 e. The molecule has 1 N–H and O–H groups in total. The van der Waals surface area contributed by atoms with Gasteiger partial charge in [-0.2, -0.15) is 0 Å². The van der Waals surface area contributed by atoms with Crippen LogP contribution in [0.2, 0.25) is 0 Å². The fraction of sp³-hybridized carbons (Fsp3) is 0.920. The summed E-state index contributed by atoms with van der Waals surface area (Å²) in [6.07, 6.45) is 15.5. The van der Waals surface area contributed by atoms with E-state index in [0.29, 0.717) is 49.5 Å². The number of esters is 4. The Labute approximate surface area is 364 Å². The van der Waals surface area contributed by atoms with Crippen molar-refractivity contribution in [3.63, 3.8) is 0 Å². The summed E-state index contributed by atoms with van der Waals surface area (Å²) in [4.78, 5) is 47.6. The second-order valence-corrected chi connectivity index (χ2v) is 20.3. The molecular formula is C50H96O9. The third-order valence-electron chi connectivity index (χ3n) is 15.1. The lowest BCUT2D eigenvalue weighted by Crippen LogP contribution is -2.61. The van der Waals surface area contributed by atoms with Crippen molar-refractivity contribution < 1.29 is 43.2 Å². The van der Waals surface area contributed by atoms with Crippen LogP contribution in [0.4, 0.5) is 0 Å². The van der Waals surface area contributed by atoms with Gasteiger partial charge in [0.05, 0.1) is 28.5 Å². The number of hydrogen-bond donors (Lipinski definition) is 1. The zero-order valence-electron chi connectivity index (χ0n) is 34.8. The predicted molar refractivity (Wildman–Crippen MR) is 243 cm³/mol. The molecule has 0 aromatic rings. The maximum atomic E-state index is 12.6. The lowest BCUT2D eigenvalue weighted by atomic mass is 9.49. The van der Waals surface area contributed by atoms with Gasteiger partial charge in [0.25, 0.3) is 0 Å². The highest BCUT2D eigenvalue weighted by atomic mass is 16.6. The molecule has 9 aliphatic rings. The Bertz CT molecular complexity index is 1320. The van der Waals surface area contributed by atoms with Crippen molar-refractivity contribution in [3.05, 3.63) is 0 Å². The minimum atomic E-state index is -0.687. The summed E-state index contributed by atoms with van der Waals surface area (Å²) in [7, 11) is 0. The van der Waals surface area contributed by atoms with Crippen molar-refractivity contribution in [3.8, 4) is 0 Å². The molecular weight excluding hydrogens is 745 g/mol. The maximum Gasteiger partial charge on any atom is 0.347 e. The lowest BCUT2D eigenvalue weighted by molar-refractivity contribution is -0.225. The summed E-state index contributed by atoms with van der Waals surface area (Å²) >= 11 is 0. The van der Waals surface area contributed by atoms with Crippen LogP contribution in [0.25, 0.3) is 0 Å². The van der Waals surface area contributed by atoms with Crippen LogP contribution >= 0.6 is 0 Å². The number of aliphatic hydroxyl groups is 1. The highest BCUT2D eigenvalue weighted by Gasteiger charge is 2.60. The van der Waals surface area contributed by atoms with Crippen molar-refractivity contribution >= 4 is 23.9 Å². The first kappa shape index (κ1) is 58.9. The van der Waals surface area contributed by atoms with Crippen LogP contribution in [-0.4, -0.2) is 58.5 Å². The van der Waals surface area contributed by atoms with Crippen molar-refractivity contribution in [1.29, 1.82) is 0 Å². The van der Waals surface area contributed by atoms with Crippen molar-refractivity contribution in [2.24, 2.45) is 51.8 Å². The highest BCUT2D eigenvalue weighted by Crippen LogP contribution is 2.61. The number of carbonyl (C=O) groups is 4. The Kier molecular flexibility index (Phi) is 21.7. The number of ether oxygens (including phenoxy) is 4. The number of rotatable bonds is 10. The zero-order chi connectivity index (χ0) is 39.2. The largest absolute Gasteiger partial charge is 0.463 e. The predicted octanol–water partition coefficient (Wildman–Crippen LogP) is 12.7. The molecule has 9 fully saturated rings. The second-order valence-electron chi connectivity index (χ2n) is 20.3. The lowest BCUT2D eigenvalue weighted by Gasteiger charge is -2.60. The summed E-state index contributed by atoms with van der Waals surface area (Å²) < 4.78 is 22.0. The number of cyclic esters (lactones) is 1. The quantitative estimate of drug-likeness (QED) is 0.169. The van der Waals surface area contributed by atoms with Crippen LogP contribution < -0.4 is 0 Å². The Morgan fingerprint density at radius 3 is 1.41 bits per heavy atom. The van der Waals surface area contributed by atoms with E-state index in [1.54, 1.807) is 13.8 Å². The van der Waals surface area contributed by atoms with Gasteiger partial charge < -0.3 is 24.1 Å². The fourth-order valence-corrected chi connectivity index (χ4v) is 11.0. The van der Waals surface area contributed by atoms with Crippen molar-refractivity contribution in [2.75, 3.05) is 6.61 Å². The van der Waals surface area contributed by atoms with Gasteiger partial charge in [0.1, 0.15) is 11.2 Å². The molecule has 1 heterocycles. The van der Waals surface area contributed by atoms with Crippen molar-refractivity contribution in [1.82, 2.24) is 0 Å². The smallest absolute Gasteiger partial charge is 0.347 e. The summed E-state index contributed by atoms with van der Waals surface area (Å²) in [5.41, 5.74) is -2.31. The van der Waals surface area contributed by atoms with Crippen LogP contribution in [0.1, 0.15) is 217 Å². The molecule has 3 atom stereocenters. The Hall–Kier alpha value is -2.16. The molecule has 9 heteroatoms. The van der Waals surface area contributed by atoms with Gasteiger partial charge >= 0.3 is 23.9 Å². The summed E-state index contributed by atoms with van der Waals surface area (Å²) in [6, 6.07) is 0. The molecule has 3 unspecified atom stereocenters. The third kappa shape index (κ3) is 12.5. The molecule has 1 saturated heterocycles. The first-order valence-corrected chi connectivity index (χ1v) is 21.2. The van der Waals surface area contributed by atoms with E-state index in [4.69, 9.17) is 18.9 Å². The van der Waals surface area contributed by atoms with E-state index in [9.17, 15) is 24.3 Å². The van der Waals surface area contributed by atoms with E-state index in [2.05, 4.69) is 13.8 Å². The molecule has 0 aromatic heterocycles. The molecule has 350 valence electrons. The van der Waals surface area contributed by atoms with Crippen LogP contribution in [0.3, 0.4) is 0 Å². The summed E-state index contributed by atoms with van der Waals surface area (Å²) in [5.74, 6) is 3.45. The molecule has 8 bridgehead atoms. The van der Waals surface area contributed by atoms with Crippen LogP contribution in [0.15, 0.2) is 0 Å². The molecule has 9 nitrogen and oxygen atoms in total. The molecule has 0 amide bonds. The second kappa shape index (κ2) is 21.8. The van der Waals surface area contributed by atoms with Gasteiger partial charge in [0.2, 0.25) is 6.10 Å². The van der Waals surface area contributed by atoms with E-state index >= 15 is 0 Å². The van der Waals surface area contributed by atoms with E-state index < -0.39 is 28.5 Å². The number of hydrogen-bond acceptors (Lipinski definition) is 9. The average molecular weight is 841 g/mol. The van der Waals surface area contributed by atoms with E-state index in [1.807, 2.05) is 41.5 Å².